The standard InChI is InChI=1S/C60H60O12/c1-5-11-37-41-21-45-39(13-7-3)47-23-43-38(12-6-2)44-24-48-40(14-8-4)46-22-42(37)54-50-26-62-34-16-9-15-33(19-34)61-25-49(53(41)65-29-66-54)57(45)69-31-71-59(47)51-27-63-35-17-10-18-36(20-35)64-28-52(56(44)68-30-67-55(43)51)60(48)72-32-70-58(46)50/h9-10,15-24,37-40H,5-8,11-14,25-32H2,1-4H3. The summed E-state index contributed by atoms with van der Waals surface area (Å²) in [4.78, 5) is 0. The van der Waals surface area contributed by atoms with Gasteiger partial charge in [-0.1, -0.05) is 65.5 Å². The molecule has 8 aliphatic heterocycles. The van der Waals surface area contributed by atoms with Crippen molar-refractivity contribution in [3.63, 3.8) is 0 Å². The van der Waals surface area contributed by atoms with Crippen molar-refractivity contribution >= 4 is 0 Å². The zero-order valence-electron chi connectivity index (χ0n) is 41.5. The highest BCUT2D eigenvalue weighted by Crippen LogP contribution is 2.59. The fourth-order valence-corrected chi connectivity index (χ4v) is 12.5. The van der Waals surface area contributed by atoms with Gasteiger partial charge in [0.15, 0.2) is 0 Å². The van der Waals surface area contributed by atoms with Gasteiger partial charge in [0.05, 0.1) is 22.3 Å². The highest BCUT2D eigenvalue weighted by Gasteiger charge is 2.42. The predicted octanol–water partition coefficient (Wildman–Crippen LogP) is 13.6. The van der Waals surface area contributed by atoms with Gasteiger partial charge in [-0.05, 0) is 74.2 Å². The van der Waals surface area contributed by atoms with E-state index in [0.717, 1.165) is 118 Å². The first-order valence-corrected chi connectivity index (χ1v) is 26.1. The van der Waals surface area contributed by atoms with Crippen molar-refractivity contribution in [2.24, 2.45) is 0 Å². The maximum atomic E-state index is 7.00. The Morgan fingerprint density at radius 2 is 0.500 bits per heavy atom. The first kappa shape index (κ1) is 44.8. The Hall–Kier alpha value is -7.08. The summed E-state index contributed by atoms with van der Waals surface area (Å²) in [5.41, 5.74) is 11.7. The molecule has 372 valence electrons. The maximum absolute atomic E-state index is 7.00. The highest BCUT2D eigenvalue weighted by atomic mass is 16.7. The van der Waals surface area contributed by atoms with Crippen LogP contribution in [0.5, 0.6) is 69.0 Å². The minimum absolute atomic E-state index is 0.0664. The third-order valence-electron chi connectivity index (χ3n) is 15.6. The second-order valence-electron chi connectivity index (χ2n) is 19.9. The van der Waals surface area contributed by atoms with Gasteiger partial charge in [-0.2, -0.15) is 0 Å². The third-order valence-corrected chi connectivity index (χ3v) is 15.6. The van der Waals surface area contributed by atoms with E-state index in [0.29, 0.717) is 69.0 Å². The molecule has 12 heteroatoms. The zero-order chi connectivity index (χ0) is 48.5. The van der Waals surface area contributed by atoms with E-state index in [1.54, 1.807) is 0 Å². The minimum Gasteiger partial charge on any atom is -0.488 e. The number of rotatable bonds is 8. The summed E-state index contributed by atoms with van der Waals surface area (Å²) in [5, 5.41) is 0. The molecule has 0 aromatic heterocycles. The van der Waals surface area contributed by atoms with Gasteiger partial charge < -0.3 is 56.8 Å². The smallest absolute Gasteiger partial charge is 0.230 e. The van der Waals surface area contributed by atoms with E-state index >= 15 is 0 Å². The zero-order valence-corrected chi connectivity index (χ0v) is 41.5. The van der Waals surface area contributed by atoms with Crippen molar-refractivity contribution in [1.29, 1.82) is 0 Å². The number of hydrogen-bond donors (Lipinski definition) is 0. The molecule has 12 nitrogen and oxygen atoms in total. The molecule has 6 aromatic carbocycles. The van der Waals surface area contributed by atoms with Crippen LogP contribution in [0.3, 0.4) is 0 Å². The lowest BCUT2D eigenvalue weighted by molar-refractivity contribution is 0.0891. The topological polar surface area (TPSA) is 111 Å². The van der Waals surface area contributed by atoms with E-state index in [9.17, 15) is 0 Å². The van der Waals surface area contributed by atoms with Crippen LogP contribution in [-0.4, -0.2) is 27.2 Å². The molecule has 72 heavy (non-hydrogen) atoms. The Bertz CT molecular complexity index is 2720. The average Bonchev–Trinajstić information content (AvgIpc) is 3.37. The number of hydrogen-bond acceptors (Lipinski definition) is 12. The fraction of sp³-hybridized carbons (Fsp3) is 0.400. The van der Waals surface area contributed by atoms with Gasteiger partial charge in [0.1, 0.15) is 95.4 Å². The summed E-state index contributed by atoms with van der Waals surface area (Å²) in [7, 11) is 0. The van der Waals surface area contributed by atoms with Crippen LogP contribution in [0.25, 0.3) is 0 Å². The minimum atomic E-state index is -0.192. The lowest BCUT2D eigenvalue weighted by Gasteiger charge is -2.37. The molecule has 0 saturated heterocycles. The number of ether oxygens (including phenoxy) is 12. The molecule has 0 spiro atoms. The van der Waals surface area contributed by atoms with Crippen LogP contribution >= 0.6 is 0 Å². The summed E-state index contributed by atoms with van der Waals surface area (Å²) >= 11 is 0. The van der Waals surface area contributed by atoms with Crippen molar-refractivity contribution < 1.29 is 56.8 Å². The molecule has 0 amide bonds. The quantitative estimate of drug-likeness (QED) is 0.145. The molecule has 0 N–H and O–H groups in total. The maximum Gasteiger partial charge on any atom is 0.230 e. The van der Waals surface area contributed by atoms with Crippen molar-refractivity contribution in [3.8, 4) is 69.0 Å². The van der Waals surface area contributed by atoms with Gasteiger partial charge in [-0.15, -0.1) is 0 Å². The van der Waals surface area contributed by atoms with E-state index in [4.69, 9.17) is 56.8 Å². The van der Waals surface area contributed by atoms with Crippen LogP contribution in [-0.2, 0) is 26.4 Å². The summed E-state index contributed by atoms with van der Waals surface area (Å²) in [6, 6.07) is 25.1. The molecule has 0 atom stereocenters. The monoisotopic (exact) mass is 972 g/mol. The molecule has 0 unspecified atom stereocenters. The second-order valence-corrected chi connectivity index (χ2v) is 19.9. The van der Waals surface area contributed by atoms with E-state index in [-0.39, 0.29) is 77.3 Å². The Morgan fingerprint density at radius 1 is 0.292 bits per heavy atom. The Kier molecular flexibility index (Phi) is 11.5. The largest absolute Gasteiger partial charge is 0.488 e. The molecule has 0 aliphatic carbocycles. The Labute approximate surface area is 420 Å². The van der Waals surface area contributed by atoms with Gasteiger partial charge in [-0.3, -0.25) is 0 Å². The normalized spacial score (nSPS) is 20.2. The lowest BCUT2D eigenvalue weighted by atomic mass is 9.74. The van der Waals surface area contributed by atoms with Gasteiger partial charge in [0.2, 0.25) is 27.2 Å². The molecular weight excluding hydrogens is 913 g/mol. The van der Waals surface area contributed by atoms with Gasteiger partial charge in [0, 0.05) is 80.3 Å². The van der Waals surface area contributed by atoms with Crippen LogP contribution in [0.15, 0.2) is 72.8 Å². The van der Waals surface area contributed by atoms with Gasteiger partial charge >= 0.3 is 0 Å². The molecule has 14 rings (SSSR count). The van der Waals surface area contributed by atoms with Crippen molar-refractivity contribution in [3.05, 3.63) is 140 Å². The first-order valence-electron chi connectivity index (χ1n) is 26.1. The fourth-order valence-electron chi connectivity index (χ4n) is 12.5. The molecule has 8 heterocycles. The SMILES string of the molecule is CCCC1c2cc3c4c5c2OCOc2c1cc1c(c2COc2cccc(c2)OC5)OCOc2c(cc5c6c2COc2cccc(c2)OCc2c(c(cc(c2OCO4)C3CCC)C5CCC)OCO6)C1CCC. The summed E-state index contributed by atoms with van der Waals surface area (Å²) in [5.74, 6) is 7.47. The molecule has 0 fully saturated rings. The van der Waals surface area contributed by atoms with Crippen molar-refractivity contribution in [2.75, 3.05) is 27.2 Å². The van der Waals surface area contributed by atoms with Gasteiger partial charge in [-0.25, -0.2) is 0 Å². The van der Waals surface area contributed by atoms with Crippen LogP contribution in [0.1, 0.15) is 169 Å². The van der Waals surface area contributed by atoms with E-state index in [2.05, 4.69) is 52.0 Å². The van der Waals surface area contributed by atoms with E-state index in [1.807, 2.05) is 48.5 Å². The highest BCUT2D eigenvalue weighted by molar-refractivity contribution is 5.70. The van der Waals surface area contributed by atoms with Crippen LogP contribution in [0.4, 0.5) is 0 Å². The van der Waals surface area contributed by atoms with Gasteiger partial charge in [0.25, 0.3) is 0 Å². The molecule has 0 radical (unpaired) electrons. The Morgan fingerprint density at radius 3 is 0.694 bits per heavy atom. The van der Waals surface area contributed by atoms with E-state index < -0.39 is 0 Å². The van der Waals surface area contributed by atoms with Crippen molar-refractivity contribution in [2.45, 2.75) is 129 Å². The van der Waals surface area contributed by atoms with Crippen LogP contribution in [0.2, 0.25) is 0 Å². The Balaban J connectivity index is 1.23. The average molecular weight is 973 g/mol. The summed E-state index contributed by atoms with van der Waals surface area (Å²) in [6.07, 6.45) is 6.76. The molecule has 16 bridgehead atoms. The van der Waals surface area contributed by atoms with E-state index in [1.165, 1.54) is 0 Å². The van der Waals surface area contributed by atoms with Crippen molar-refractivity contribution in [1.82, 2.24) is 0 Å². The summed E-state index contributed by atoms with van der Waals surface area (Å²) in [6.45, 7) is 9.31. The molecule has 8 aliphatic rings. The van der Waals surface area contributed by atoms with Crippen LogP contribution < -0.4 is 56.8 Å². The summed E-state index contributed by atoms with van der Waals surface area (Å²) < 4.78 is 83.0. The second kappa shape index (κ2) is 18.5. The predicted molar refractivity (Wildman–Crippen MR) is 267 cm³/mol. The number of fused-ring (bicyclic) bond motifs is 12. The third kappa shape index (κ3) is 7.37. The molecule has 6 aromatic rings. The first-order chi connectivity index (χ1) is 35.5. The molecule has 0 saturated carbocycles. The lowest BCUT2D eigenvalue weighted by Crippen LogP contribution is -2.26. The van der Waals surface area contributed by atoms with Crippen LogP contribution in [0, 0.1) is 0 Å². The molecular formula is C60H60O12. The number of benzene rings is 6.